The lowest BCUT2D eigenvalue weighted by Gasteiger charge is -1.97. The van der Waals surface area contributed by atoms with Crippen molar-refractivity contribution in [2.45, 2.75) is 65.2 Å². The molecular formula is C14H26O. The summed E-state index contributed by atoms with van der Waals surface area (Å²) in [5.41, 5.74) is 0. The summed E-state index contributed by atoms with van der Waals surface area (Å²) in [6.07, 6.45) is 16.6. The molecule has 1 nitrogen and oxygen atoms in total. The van der Waals surface area contributed by atoms with Crippen LogP contribution in [0.4, 0.5) is 0 Å². The van der Waals surface area contributed by atoms with Crippen LogP contribution in [0.3, 0.4) is 0 Å². The molecule has 0 aromatic rings. The van der Waals surface area contributed by atoms with E-state index in [1.165, 1.54) is 44.9 Å². The standard InChI is InChI=1S/C8H16O.C6H10/c1-3-4-5-6-7-8(2)9;1-2-4-6-5-3-1/h7,9H,3-6H2,1-2H3;1-2H,3-6H2. The van der Waals surface area contributed by atoms with Crippen LogP contribution in [0.15, 0.2) is 24.0 Å². The van der Waals surface area contributed by atoms with Gasteiger partial charge in [0, 0.05) is 0 Å². The van der Waals surface area contributed by atoms with Gasteiger partial charge in [0.2, 0.25) is 0 Å². The lowest BCUT2D eigenvalue weighted by molar-refractivity contribution is 0.410. The molecule has 0 saturated carbocycles. The van der Waals surface area contributed by atoms with E-state index in [9.17, 15) is 0 Å². The maximum atomic E-state index is 8.71. The van der Waals surface area contributed by atoms with E-state index in [1.54, 1.807) is 6.92 Å². The highest BCUT2D eigenvalue weighted by molar-refractivity contribution is 4.85. The number of rotatable bonds is 4. The summed E-state index contributed by atoms with van der Waals surface area (Å²) in [4.78, 5) is 0. The van der Waals surface area contributed by atoms with E-state index in [0.29, 0.717) is 5.76 Å². The lowest BCUT2D eigenvalue weighted by Crippen LogP contribution is -1.77. The Hall–Kier alpha value is -0.720. The highest BCUT2D eigenvalue weighted by Gasteiger charge is 1.87. The predicted octanol–water partition coefficient (Wildman–Crippen LogP) is 5.15. The van der Waals surface area contributed by atoms with Crippen LogP contribution >= 0.6 is 0 Å². The second kappa shape index (κ2) is 11.4. The zero-order valence-electron chi connectivity index (χ0n) is 10.3. The Morgan fingerprint density at radius 2 is 1.80 bits per heavy atom. The maximum absolute atomic E-state index is 8.71. The van der Waals surface area contributed by atoms with Crippen molar-refractivity contribution in [1.29, 1.82) is 0 Å². The minimum atomic E-state index is 0.450. The van der Waals surface area contributed by atoms with E-state index in [-0.39, 0.29) is 0 Å². The number of hydrogen-bond donors (Lipinski definition) is 1. The number of hydrogen-bond acceptors (Lipinski definition) is 1. The van der Waals surface area contributed by atoms with Crippen molar-refractivity contribution in [1.82, 2.24) is 0 Å². The number of unbranched alkanes of at least 4 members (excludes halogenated alkanes) is 3. The third-order valence-corrected chi connectivity index (χ3v) is 2.41. The Morgan fingerprint density at radius 3 is 2.13 bits per heavy atom. The second-order valence-corrected chi connectivity index (χ2v) is 4.10. The topological polar surface area (TPSA) is 20.2 Å². The third-order valence-electron chi connectivity index (χ3n) is 2.41. The third kappa shape index (κ3) is 13.3. The van der Waals surface area contributed by atoms with Gasteiger partial charge in [0.05, 0.1) is 5.76 Å². The minimum absolute atomic E-state index is 0.450. The van der Waals surface area contributed by atoms with Crippen LogP contribution in [0.2, 0.25) is 0 Å². The Bertz CT molecular complexity index is 168. The molecule has 0 atom stereocenters. The first kappa shape index (κ1) is 14.3. The van der Waals surface area contributed by atoms with Gasteiger partial charge in [-0.2, -0.15) is 0 Å². The molecule has 0 aromatic carbocycles. The van der Waals surface area contributed by atoms with Gasteiger partial charge in [-0.3, -0.25) is 0 Å². The molecule has 1 aliphatic carbocycles. The summed E-state index contributed by atoms with van der Waals surface area (Å²) >= 11 is 0. The first-order valence-corrected chi connectivity index (χ1v) is 6.28. The molecule has 1 N–H and O–H groups in total. The van der Waals surface area contributed by atoms with Crippen LogP contribution in [0.5, 0.6) is 0 Å². The van der Waals surface area contributed by atoms with E-state index >= 15 is 0 Å². The van der Waals surface area contributed by atoms with Crippen LogP contribution < -0.4 is 0 Å². The molecule has 0 saturated heterocycles. The molecule has 0 aromatic heterocycles. The van der Waals surface area contributed by atoms with E-state index in [2.05, 4.69) is 19.1 Å². The molecule has 1 heteroatoms. The molecule has 15 heavy (non-hydrogen) atoms. The molecule has 1 rings (SSSR count). The van der Waals surface area contributed by atoms with Gasteiger partial charge < -0.3 is 5.11 Å². The average molecular weight is 210 g/mol. The van der Waals surface area contributed by atoms with Crippen LogP contribution in [0, 0.1) is 0 Å². The Balaban J connectivity index is 0.000000280. The summed E-state index contributed by atoms with van der Waals surface area (Å²) in [6, 6.07) is 0. The summed E-state index contributed by atoms with van der Waals surface area (Å²) in [6.45, 7) is 3.89. The summed E-state index contributed by atoms with van der Waals surface area (Å²) in [5, 5.41) is 8.71. The first-order valence-electron chi connectivity index (χ1n) is 6.28. The van der Waals surface area contributed by atoms with Gasteiger partial charge in [0.15, 0.2) is 0 Å². The van der Waals surface area contributed by atoms with Crippen LogP contribution in [0.1, 0.15) is 65.2 Å². The van der Waals surface area contributed by atoms with Crippen molar-refractivity contribution < 1.29 is 5.11 Å². The highest BCUT2D eigenvalue weighted by Crippen LogP contribution is 2.07. The number of aliphatic hydroxyl groups is 1. The first-order chi connectivity index (χ1) is 7.27. The molecule has 0 heterocycles. The molecule has 1 aliphatic rings. The van der Waals surface area contributed by atoms with Gasteiger partial charge in [-0.15, -0.1) is 0 Å². The molecule has 88 valence electrons. The Kier molecular flexibility index (Phi) is 10.8. The van der Waals surface area contributed by atoms with Gasteiger partial charge in [0.25, 0.3) is 0 Å². The quantitative estimate of drug-likeness (QED) is 0.387. The minimum Gasteiger partial charge on any atom is -0.513 e. The van der Waals surface area contributed by atoms with Crippen molar-refractivity contribution in [3.8, 4) is 0 Å². The van der Waals surface area contributed by atoms with E-state index in [1.807, 2.05) is 6.08 Å². The van der Waals surface area contributed by atoms with Gasteiger partial charge in [0.1, 0.15) is 0 Å². The molecule has 0 spiro atoms. The second-order valence-electron chi connectivity index (χ2n) is 4.10. The largest absolute Gasteiger partial charge is 0.513 e. The lowest BCUT2D eigenvalue weighted by atomic mass is 10.1. The Labute approximate surface area is 94.9 Å². The van der Waals surface area contributed by atoms with Crippen LogP contribution in [0.25, 0.3) is 0 Å². The summed E-state index contributed by atoms with van der Waals surface area (Å²) < 4.78 is 0. The maximum Gasteiger partial charge on any atom is 0.0851 e. The zero-order chi connectivity index (χ0) is 11.4. The van der Waals surface area contributed by atoms with Crippen LogP contribution in [-0.2, 0) is 0 Å². The highest BCUT2D eigenvalue weighted by atomic mass is 16.3. The van der Waals surface area contributed by atoms with E-state index < -0.39 is 0 Å². The predicted molar refractivity (Wildman–Crippen MR) is 68.1 cm³/mol. The van der Waals surface area contributed by atoms with Crippen molar-refractivity contribution in [3.05, 3.63) is 24.0 Å². The van der Waals surface area contributed by atoms with E-state index in [0.717, 1.165) is 6.42 Å². The fourth-order valence-corrected chi connectivity index (χ4v) is 1.47. The summed E-state index contributed by atoms with van der Waals surface area (Å²) in [7, 11) is 0. The Morgan fingerprint density at radius 1 is 1.20 bits per heavy atom. The van der Waals surface area contributed by atoms with Gasteiger partial charge in [-0.1, -0.05) is 31.9 Å². The fraction of sp³-hybridized carbons (Fsp3) is 0.714. The molecule has 0 fully saturated rings. The van der Waals surface area contributed by atoms with Gasteiger partial charge in [-0.25, -0.2) is 0 Å². The van der Waals surface area contributed by atoms with Gasteiger partial charge in [-0.05, 0) is 51.5 Å². The normalized spacial score (nSPS) is 15.7. The molecule has 0 amide bonds. The summed E-state index contributed by atoms with van der Waals surface area (Å²) in [5.74, 6) is 0.450. The van der Waals surface area contributed by atoms with Gasteiger partial charge >= 0.3 is 0 Å². The molecule has 0 aliphatic heterocycles. The van der Waals surface area contributed by atoms with Crippen LogP contribution in [-0.4, -0.2) is 5.11 Å². The van der Waals surface area contributed by atoms with E-state index in [4.69, 9.17) is 5.11 Å². The SMILES string of the molecule is C1=CCCCC1.CCCCCC=C(C)O. The fourth-order valence-electron chi connectivity index (χ4n) is 1.47. The smallest absolute Gasteiger partial charge is 0.0851 e. The molecule has 0 unspecified atom stereocenters. The van der Waals surface area contributed by atoms with Crippen molar-refractivity contribution in [2.24, 2.45) is 0 Å². The zero-order valence-corrected chi connectivity index (χ0v) is 10.3. The van der Waals surface area contributed by atoms with Crippen molar-refractivity contribution >= 4 is 0 Å². The molecule has 0 bridgehead atoms. The van der Waals surface area contributed by atoms with Crippen molar-refractivity contribution in [3.63, 3.8) is 0 Å². The molecule has 0 radical (unpaired) electrons. The van der Waals surface area contributed by atoms with Crippen molar-refractivity contribution in [2.75, 3.05) is 0 Å². The number of allylic oxidation sites excluding steroid dienone is 4. The monoisotopic (exact) mass is 210 g/mol. The average Bonchev–Trinajstić information content (AvgIpc) is 2.28. The molecular weight excluding hydrogens is 184 g/mol. The number of aliphatic hydroxyl groups excluding tert-OH is 1.